The average Bonchev–Trinajstić information content (AvgIpc) is 3.59. The summed E-state index contributed by atoms with van der Waals surface area (Å²) in [5, 5.41) is 18.2. The summed E-state index contributed by atoms with van der Waals surface area (Å²) >= 11 is 0. The van der Waals surface area contributed by atoms with Crippen LogP contribution in [-0.4, -0.2) is 71.1 Å². The van der Waals surface area contributed by atoms with E-state index in [1.807, 2.05) is 15.6 Å². The van der Waals surface area contributed by atoms with Crippen LogP contribution in [0.2, 0.25) is 0 Å². The first kappa shape index (κ1) is 28.2. The molecule has 43 heavy (non-hydrogen) atoms. The summed E-state index contributed by atoms with van der Waals surface area (Å²) < 4.78 is 37.9. The van der Waals surface area contributed by atoms with Gasteiger partial charge in [0, 0.05) is 80.1 Å². The van der Waals surface area contributed by atoms with Gasteiger partial charge in [-0.2, -0.15) is 10.2 Å². The van der Waals surface area contributed by atoms with E-state index in [4.69, 9.17) is 14.9 Å². The Morgan fingerprint density at radius 3 is 2.58 bits per heavy atom. The van der Waals surface area contributed by atoms with Gasteiger partial charge in [0.1, 0.15) is 6.61 Å². The number of anilines is 2. The fraction of sp³-hybridized carbons (Fsp3) is 0.379. The number of amides is 1. The van der Waals surface area contributed by atoms with Crippen LogP contribution in [0.15, 0.2) is 36.9 Å². The molecule has 4 aromatic rings. The van der Waals surface area contributed by atoms with E-state index in [1.165, 1.54) is 19.3 Å². The molecule has 0 atom stereocenters. The van der Waals surface area contributed by atoms with Crippen LogP contribution in [-0.2, 0) is 37.8 Å². The normalized spacial score (nSPS) is 14.5. The molecule has 5 heterocycles. The summed E-state index contributed by atoms with van der Waals surface area (Å²) in [6.45, 7) is 3.53. The van der Waals surface area contributed by atoms with Gasteiger partial charge in [-0.1, -0.05) is 0 Å². The van der Waals surface area contributed by atoms with E-state index in [1.54, 1.807) is 35.1 Å². The van der Waals surface area contributed by atoms with Crippen molar-refractivity contribution in [2.24, 2.45) is 7.05 Å². The van der Waals surface area contributed by atoms with Crippen LogP contribution in [0.5, 0.6) is 6.01 Å². The Kier molecular flexibility index (Phi) is 7.50. The van der Waals surface area contributed by atoms with E-state index in [9.17, 15) is 18.4 Å². The van der Waals surface area contributed by atoms with Crippen LogP contribution in [0.1, 0.15) is 52.5 Å². The average molecular weight is 593 g/mol. The summed E-state index contributed by atoms with van der Waals surface area (Å²) in [5.41, 5.74) is 4.45. The van der Waals surface area contributed by atoms with E-state index >= 15 is 0 Å². The highest BCUT2D eigenvalue weighted by atomic mass is 19.3. The molecule has 0 spiro atoms. The van der Waals surface area contributed by atoms with Crippen molar-refractivity contribution in [2.45, 2.75) is 45.7 Å². The minimum absolute atomic E-state index is 0.0440. The number of carbonyl (C=O) groups excluding carboxylic acids is 1. The van der Waals surface area contributed by atoms with Crippen LogP contribution < -0.4 is 9.64 Å². The molecule has 0 unspecified atom stereocenters. The first-order chi connectivity index (χ1) is 20.7. The summed E-state index contributed by atoms with van der Waals surface area (Å²) in [4.78, 5) is 35.0. The smallest absolute Gasteiger partial charge is 0.338 e. The van der Waals surface area contributed by atoms with E-state index in [2.05, 4.69) is 15.1 Å². The van der Waals surface area contributed by atoms with Crippen molar-refractivity contribution in [2.75, 3.05) is 24.6 Å². The van der Waals surface area contributed by atoms with Gasteiger partial charge in [-0.3, -0.25) is 14.2 Å². The molecule has 0 fully saturated rings. The number of hydrogen-bond acceptors (Lipinski definition) is 8. The zero-order valence-corrected chi connectivity index (χ0v) is 23.7. The lowest BCUT2D eigenvalue weighted by Gasteiger charge is -2.33. The van der Waals surface area contributed by atoms with Gasteiger partial charge in [0.25, 0.3) is 6.43 Å². The van der Waals surface area contributed by atoms with Crippen molar-refractivity contribution in [3.8, 4) is 17.1 Å². The molecule has 3 aromatic heterocycles. The van der Waals surface area contributed by atoms with E-state index in [-0.39, 0.29) is 29.7 Å². The number of aromatic nitrogens is 6. The molecular weight excluding hydrogens is 562 g/mol. The number of rotatable bonds is 8. The molecular formula is C29H30F2N8O4. The lowest BCUT2D eigenvalue weighted by atomic mass is 9.92. The number of benzene rings is 1. The maximum absolute atomic E-state index is 14.4. The number of nitrogens with zero attached hydrogens (tertiary/aromatic N) is 8. The first-order valence-electron chi connectivity index (χ1n) is 13.9. The van der Waals surface area contributed by atoms with Gasteiger partial charge in [-0.15, -0.1) is 0 Å². The third kappa shape index (κ3) is 5.51. The second-order valence-electron chi connectivity index (χ2n) is 10.6. The molecule has 0 saturated heterocycles. The van der Waals surface area contributed by atoms with Crippen molar-refractivity contribution in [3.05, 3.63) is 64.9 Å². The molecule has 6 rings (SSSR count). The van der Waals surface area contributed by atoms with Gasteiger partial charge < -0.3 is 19.6 Å². The fourth-order valence-electron chi connectivity index (χ4n) is 5.73. The Bertz CT molecular complexity index is 1680. The molecule has 2 aliphatic heterocycles. The van der Waals surface area contributed by atoms with E-state index < -0.39 is 12.4 Å². The molecule has 14 heteroatoms. The summed E-state index contributed by atoms with van der Waals surface area (Å²) in [5.74, 6) is -0.539. The zero-order chi connectivity index (χ0) is 30.2. The van der Waals surface area contributed by atoms with Crippen LogP contribution in [0.4, 0.5) is 20.3 Å². The minimum Gasteiger partial charge on any atom is -0.478 e. The van der Waals surface area contributed by atoms with Crippen LogP contribution in [0.3, 0.4) is 0 Å². The molecule has 1 amide bonds. The van der Waals surface area contributed by atoms with Crippen LogP contribution in [0, 0.1) is 0 Å². The van der Waals surface area contributed by atoms with E-state index in [0.29, 0.717) is 55.2 Å². The van der Waals surface area contributed by atoms with Crippen molar-refractivity contribution < 1.29 is 28.2 Å². The number of carboxylic acids is 1. The number of aromatic carboxylic acids is 1. The van der Waals surface area contributed by atoms with Crippen LogP contribution in [0.25, 0.3) is 11.1 Å². The minimum atomic E-state index is -2.69. The quantitative estimate of drug-likeness (QED) is 0.325. The highest BCUT2D eigenvalue weighted by Gasteiger charge is 2.32. The van der Waals surface area contributed by atoms with Crippen molar-refractivity contribution in [1.29, 1.82) is 0 Å². The number of carbonyl (C=O) groups is 2. The van der Waals surface area contributed by atoms with Gasteiger partial charge in [0.05, 0.1) is 24.8 Å². The monoisotopic (exact) mass is 592 g/mol. The van der Waals surface area contributed by atoms with Gasteiger partial charge >= 0.3 is 12.0 Å². The fourth-order valence-corrected chi connectivity index (χ4v) is 5.73. The van der Waals surface area contributed by atoms with Crippen molar-refractivity contribution >= 4 is 23.4 Å². The molecule has 0 aliphatic carbocycles. The molecule has 224 valence electrons. The molecule has 2 aliphatic rings. The maximum atomic E-state index is 14.4. The SMILES string of the molecule is CC(=O)N1CCc2c(c(N3CCCc4cc(-c5cnn(C)c5)c(C(F)F)cc43)nn2CCOc2ncc(C(=O)O)cn2)C1. The summed E-state index contributed by atoms with van der Waals surface area (Å²) in [7, 11) is 1.75. The zero-order valence-electron chi connectivity index (χ0n) is 23.7. The molecule has 0 radical (unpaired) electrons. The van der Waals surface area contributed by atoms with E-state index in [0.717, 1.165) is 29.7 Å². The second-order valence-corrected chi connectivity index (χ2v) is 10.6. The highest BCUT2D eigenvalue weighted by Crippen LogP contribution is 2.42. The Morgan fingerprint density at radius 1 is 1.12 bits per heavy atom. The highest BCUT2D eigenvalue weighted by molar-refractivity contribution is 5.86. The van der Waals surface area contributed by atoms with Gasteiger partial charge in [0.15, 0.2) is 5.82 Å². The lowest BCUT2D eigenvalue weighted by Crippen LogP contribution is -2.35. The third-order valence-corrected chi connectivity index (χ3v) is 7.84. The Balaban J connectivity index is 1.34. The predicted octanol–water partition coefficient (Wildman–Crippen LogP) is 3.78. The number of fused-ring (bicyclic) bond motifs is 2. The molecule has 12 nitrogen and oxygen atoms in total. The van der Waals surface area contributed by atoms with Gasteiger partial charge in [0.2, 0.25) is 5.91 Å². The lowest BCUT2D eigenvalue weighted by molar-refractivity contribution is -0.129. The number of carboxylic acid groups (broad SMARTS) is 1. The van der Waals surface area contributed by atoms with Crippen molar-refractivity contribution in [1.82, 2.24) is 34.4 Å². The molecule has 1 aromatic carbocycles. The standard InChI is InChI=1S/C29H30F2N8O4/c1-17(40)37-7-5-24-23(16-37)27(35-39(24)8-9-43-29-32-12-19(13-33-29)28(41)42)38-6-3-4-18-10-21(20-14-34-36(2)15-20)22(26(30)31)11-25(18)38/h10-15,26H,3-9,16H2,1-2H3,(H,41,42). The number of aryl methyl sites for hydroxylation is 2. The Labute approximate surface area is 245 Å². The first-order valence-corrected chi connectivity index (χ1v) is 13.9. The summed E-state index contributed by atoms with van der Waals surface area (Å²) in [6, 6.07) is 3.46. The number of halogens is 2. The molecule has 1 N–H and O–H groups in total. The van der Waals surface area contributed by atoms with Gasteiger partial charge in [-0.25, -0.2) is 23.5 Å². The number of ether oxygens (including phenoxy) is 1. The van der Waals surface area contributed by atoms with Gasteiger partial charge in [-0.05, 0) is 36.1 Å². The number of hydrogen-bond donors (Lipinski definition) is 1. The van der Waals surface area contributed by atoms with Crippen LogP contribution >= 0.6 is 0 Å². The largest absolute Gasteiger partial charge is 0.478 e. The Hall–Kier alpha value is -4.88. The molecule has 0 saturated carbocycles. The second kappa shape index (κ2) is 11.4. The Morgan fingerprint density at radius 2 is 1.91 bits per heavy atom. The number of alkyl halides is 2. The summed E-state index contributed by atoms with van der Waals surface area (Å²) in [6.07, 6.45) is 5.11. The topological polar surface area (TPSA) is 132 Å². The maximum Gasteiger partial charge on any atom is 0.338 e. The van der Waals surface area contributed by atoms with Crippen molar-refractivity contribution in [3.63, 3.8) is 0 Å². The molecule has 0 bridgehead atoms. The predicted molar refractivity (Wildman–Crippen MR) is 150 cm³/mol. The third-order valence-electron chi connectivity index (χ3n) is 7.84.